The highest BCUT2D eigenvalue weighted by Gasteiger charge is 2.25. The van der Waals surface area contributed by atoms with Crippen molar-refractivity contribution in [1.29, 1.82) is 0 Å². The Morgan fingerprint density at radius 1 is 1.09 bits per heavy atom. The lowest BCUT2D eigenvalue weighted by molar-refractivity contribution is -0.133. The van der Waals surface area contributed by atoms with Gasteiger partial charge >= 0.3 is 6.09 Å². The minimum Gasteiger partial charge on any atom is -0.450 e. The maximum absolute atomic E-state index is 12.8. The number of piperazine rings is 1. The molecule has 0 N–H and O–H groups in total. The summed E-state index contributed by atoms with van der Waals surface area (Å²) < 4.78 is 7.74. The van der Waals surface area contributed by atoms with E-state index in [4.69, 9.17) is 16.3 Å². The molecule has 0 unspecified atom stereocenters. The van der Waals surface area contributed by atoms with Gasteiger partial charge in [-0.3, -0.25) is 14.2 Å². The van der Waals surface area contributed by atoms with Crippen LogP contribution in [0.3, 0.4) is 0 Å². The second kappa shape index (κ2) is 9.35. The average molecular weight is 460 g/mol. The molecular formula is C20H22ClN7O4. The summed E-state index contributed by atoms with van der Waals surface area (Å²) in [6.45, 7) is 3.79. The number of rotatable bonds is 5. The van der Waals surface area contributed by atoms with Crippen LogP contribution in [0.1, 0.15) is 12.5 Å². The van der Waals surface area contributed by atoms with Crippen molar-refractivity contribution in [2.45, 2.75) is 20.0 Å². The lowest BCUT2D eigenvalue weighted by Crippen LogP contribution is -2.51. The van der Waals surface area contributed by atoms with E-state index in [9.17, 15) is 14.4 Å². The van der Waals surface area contributed by atoms with Crippen LogP contribution < -0.4 is 5.56 Å². The summed E-state index contributed by atoms with van der Waals surface area (Å²) in [5.41, 5.74) is 0.943. The fourth-order valence-corrected chi connectivity index (χ4v) is 3.59. The number of aromatic nitrogens is 5. The number of nitrogens with zero attached hydrogens (tertiary/aromatic N) is 7. The van der Waals surface area contributed by atoms with Crippen molar-refractivity contribution >= 4 is 34.8 Å². The number of hydrogen-bond acceptors (Lipinski definition) is 7. The maximum Gasteiger partial charge on any atom is 0.409 e. The molecule has 0 saturated carbocycles. The van der Waals surface area contributed by atoms with E-state index < -0.39 is 5.56 Å². The number of fused-ring (bicyclic) bond motifs is 1. The fourth-order valence-electron chi connectivity index (χ4n) is 3.47. The molecule has 2 amide bonds. The molecule has 1 aliphatic heterocycles. The quantitative estimate of drug-likeness (QED) is 0.558. The van der Waals surface area contributed by atoms with Gasteiger partial charge in [-0.05, 0) is 24.6 Å². The Kier molecular flexibility index (Phi) is 6.35. The third-order valence-corrected chi connectivity index (χ3v) is 5.45. The Bertz CT molecular complexity index is 1180. The number of carbonyl (C=O) groups is 2. The zero-order chi connectivity index (χ0) is 22.7. The predicted octanol–water partition coefficient (Wildman–Crippen LogP) is 0.990. The first kappa shape index (κ1) is 21.8. The summed E-state index contributed by atoms with van der Waals surface area (Å²) in [5.74, 6) is -0.231. The van der Waals surface area contributed by atoms with Crippen LogP contribution >= 0.6 is 11.6 Å². The molecule has 3 aromatic rings. The van der Waals surface area contributed by atoms with Gasteiger partial charge in [0.05, 0.1) is 13.2 Å². The number of ether oxygens (including phenoxy) is 1. The predicted molar refractivity (Wildman–Crippen MR) is 115 cm³/mol. The zero-order valence-electron chi connectivity index (χ0n) is 17.5. The van der Waals surface area contributed by atoms with Crippen LogP contribution in [0, 0.1) is 0 Å². The largest absolute Gasteiger partial charge is 0.450 e. The first-order valence-corrected chi connectivity index (χ1v) is 10.6. The van der Waals surface area contributed by atoms with Crippen molar-refractivity contribution in [3.05, 3.63) is 51.5 Å². The second-order valence-electron chi connectivity index (χ2n) is 7.29. The van der Waals surface area contributed by atoms with E-state index in [1.165, 1.54) is 15.6 Å². The third-order valence-electron chi connectivity index (χ3n) is 5.20. The summed E-state index contributed by atoms with van der Waals surface area (Å²) in [7, 11) is 0. The van der Waals surface area contributed by atoms with Gasteiger partial charge in [0.1, 0.15) is 12.9 Å². The van der Waals surface area contributed by atoms with Crippen molar-refractivity contribution in [2.24, 2.45) is 0 Å². The van der Waals surface area contributed by atoms with E-state index in [1.807, 2.05) is 12.1 Å². The summed E-state index contributed by atoms with van der Waals surface area (Å²) >= 11 is 5.91. The molecule has 0 spiro atoms. The molecule has 12 heteroatoms. The van der Waals surface area contributed by atoms with Crippen molar-refractivity contribution in [1.82, 2.24) is 34.3 Å². The molecule has 1 aromatic carbocycles. The van der Waals surface area contributed by atoms with E-state index in [-0.39, 0.29) is 24.1 Å². The van der Waals surface area contributed by atoms with Gasteiger partial charge in [-0.2, -0.15) is 0 Å². The lowest BCUT2D eigenvalue weighted by Gasteiger charge is -2.34. The molecule has 4 rings (SSSR count). The molecule has 0 aliphatic carbocycles. The topological polar surface area (TPSA) is 115 Å². The monoisotopic (exact) mass is 459 g/mol. The van der Waals surface area contributed by atoms with E-state index in [1.54, 1.807) is 28.9 Å². The molecule has 11 nitrogen and oxygen atoms in total. The number of hydrogen-bond donors (Lipinski definition) is 0. The van der Waals surface area contributed by atoms with Crippen molar-refractivity contribution in [3.63, 3.8) is 0 Å². The minimum atomic E-state index is -0.434. The van der Waals surface area contributed by atoms with Gasteiger partial charge in [-0.1, -0.05) is 28.9 Å². The van der Waals surface area contributed by atoms with Gasteiger partial charge < -0.3 is 14.5 Å². The molecule has 0 bridgehead atoms. The number of amides is 2. The lowest BCUT2D eigenvalue weighted by atomic mass is 10.2. The number of halogens is 1. The number of benzene rings is 1. The van der Waals surface area contributed by atoms with Gasteiger partial charge in [-0.25, -0.2) is 14.5 Å². The van der Waals surface area contributed by atoms with Gasteiger partial charge in [-0.15, -0.1) is 5.10 Å². The summed E-state index contributed by atoms with van der Waals surface area (Å²) in [5, 5.41) is 8.63. The normalized spacial score (nSPS) is 14.1. The van der Waals surface area contributed by atoms with Crippen LogP contribution in [0.4, 0.5) is 4.79 Å². The van der Waals surface area contributed by atoms with Crippen molar-refractivity contribution < 1.29 is 14.3 Å². The Labute approximate surface area is 188 Å². The first-order valence-electron chi connectivity index (χ1n) is 10.2. The molecule has 0 radical (unpaired) electrons. The van der Waals surface area contributed by atoms with E-state index >= 15 is 0 Å². The third kappa shape index (κ3) is 4.57. The van der Waals surface area contributed by atoms with Gasteiger partial charge in [0.2, 0.25) is 5.91 Å². The van der Waals surface area contributed by atoms with Crippen LogP contribution in [-0.2, 0) is 22.6 Å². The number of carbonyl (C=O) groups excluding carboxylic acids is 2. The van der Waals surface area contributed by atoms with Crippen LogP contribution in [0.5, 0.6) is 0 Å². The molecule has 1 saturated heterocycles. The van der Waals surface area contributed by atoms with Crippen LogP contribution in [0.25, 0.3) is 11.2 Å². The Morgan fingerprint density at radius 2 is 1.78 bits per heavy atom. The molecule has 3 heterocycles. The molecule has 1 aliphatic rings. The first-order chi connectivity index (χ1) is 15.5. The van der Waals surface area contributed by atoms with E-state index in [0.29, 0.717) is 50.0 Å². The molecule has 0 atom stereocenters. The molecule has 1 fully saturated rings. The Hall–Kier alpha value is -3.47. The summed E-state index contributed by atoms with van der Waals surface area (Å²) in [6.07, 6.45) is 0.950. The average Bonchev–Trinajstić information content (AvgIpc) is 3.21. The van der Waals surface area contributed by atoms with Crippen LogP contribution in [0.15, 0.2) is 35.4 Å². The van der Waals surface area contributed by atoms with Gasteiger partial charge in [0.25, 0.3) is 5.56 Å². The highest BCUT2D eigenvalue weighted by molar-refractivity contribution is 6.30. The highest BCUT2D eigenvalue weighted by Crippen LogP contribution is 2.12. The standard InChI is InChI=1S/C20H22ClN7O4/c1-2-32-20(31)26-9-7-25(8-10-26)16(29)12-27-13-22-18-17(19(27)30)23-24-28(18)11-14-3-5-15(21)6-4-14/h3-6,13H,2,7-12H2,1H3. The Balaban J connectivity index is 1.43. The SMILES string of the molecule is CCOC(=O)N1CCN(C(=O)Cn2cnc3c(nnn3Cc3ccc(Cl)cc3)c2=O)CC1. The Morgan fingerprint density at radius 3 is 2.47 bits per heavy atom. The van der Waals surface area contributed by atoms with E-state index in [2.05, 4.69) is 15.3 Å². The minimum absolute atomic E-state index is 0.0985. The van der Waals surface area contributed by atoms with Crippen LogP contribution in [0.2, 0.25) is 5.02 Å². The van der Waals surface area contributed by atoms with Crippen LogP contribution in [-0.4, -0.2) is 79.1 Å². The maximum atomic E-state index is 12.8. The molecule has 2 aromatic heterocycles. The highest BCUT2D eigenvalue weighted by atomic mass is 35.5. The summed E-state index contributed by atoms with van der Waals surface area (Å²) in [6, 6.07) is 7.26. The second-order valence-corrected chi connectivity index (χ2v) is 7.73. The smallest absolute Gasteiger partial charge is 0.409 e. The molecular weight excluding hydrogens is 438 g/mol. The van der Waals surface area contributed by atoms with Gasteiger partial charge in [0.15, 0.2) is 11.2 Å². The van der Waals surface area contributed by atoms with Gasteiger partial charge in [0, 0.05) is 31.2 Å². The fraction of sp³-hybridized carbons (Fsp3) is 0.400. The zero-order valence-corrected chi connectivity index (χ0v) is 18.2. The summed E-state index contributed by atoms with van der Waals surface area (Å²) in [4.78, 5) is 44.8. The molecule has 168 valence electrons. The van der Waals surface area contributed by atoms with Crippen molar-refractivity contribution in [3.8, 4) is 0 Å². The molecule has 32 heavy (non-hydrogen) atoms. The van der Waals surface area contributed by atoms with Crippen molar-refractivity contribution in [2.75, 3.05) is 32.8 Å². The van der Waals surface area contributed by atoms with E-state index in [0.717, 1.165) is 5.56 Å².